The number of unbranched alkanes of at least 4 members (excludes halogenated alkanes) is 31. The molecular formula is C96H168N4O42. The van der Waals surface area contributed by atoms with Crippen molar-refractivity contribution in [3.63, 3.8) is 0 Å². The van der Waals surface area contributed by atoms with Crippen LogP contribution in [0.2, 0.25) is 0 Å². The second kappa shape index (κ2) is 64.1. The fourth-order valence-corrected chi connectivity index (χ4v) is 19.3. The second-order valence-electron chi connectivity index (χ2n) is 38.9. The zero-order valence-corrected chi connectivity index (χ0v) is 83.0. The summed E-state index contributed by atoms with van der Waals surface area (Å²) in [4.78, 5) is 107. The number of hydrogen-bond donors (Lipinski definition) is 26. The van der Waals surface area contributed by atoms with Gasteiger partial charge >= 0.3 is 17.9 Å². The van der Waals surface area contributed by atoms with E-state index in [1.54, 1.807) is 6.08 Å². The molecule has 26 N–H and O–H groups in total. The molecule has 0 aromatic rings. The van der Waals surface area contributed by atoms with Gasteiger partial charge in [-0.25, -0.2) is 14.4 Å². The lowest BCUT2D eigenvalue weighted by Crippen LogP contribution is -2.72. The molecule has 35 atom stereocenters. The van der Waals surface area contributed by atoms with E-state index in [4.69, 9.17) is 56.8 Å². The van der Waals surface area contributed by atoms with Gasteiger partial charge in [0.1, 0.15) is 122 Å². The predicted octanol–water partition coefficient (Wildman–Crippen LogP) is -1.09. The highest BCUT2D eigenvalue weighted by atomic mass is 16.8. The number of hydrogen-bond acceptors (Lipinski definition) is 39. The maximum absolute atomic E-state index is 14.5. The van der Waals surface area contributed by atoms with Crippen molar-refractivity contribution in [1.29, 1.82) is 0 Å². The SMILES string of the molecule is CCCCCCCCCCCCCC=CC(O)C(COC1OC(CO)C(OC2OC(CO)C(OC3OC(CO)C(O)C(O)C3CC(C)=O)C(OC3(C(=O)O)CC(O)C(NC(C)=O)C(C(O)C(CO)OC4(C(=O)O)CC(O)C(NC(C)=O)C(C(O)C(CO)OC5(C(=O)O)CC(O)C(NC(C)=O)C(C(O)C(O)CO)O5)O4)O3)C2O)C(O)C1O)NC(=O)CCCCCCCCCCCCCCCCCCCCCCC. The number of nitrogens with one attached hydrogen (secondary N) is 4. The molecule has 6 aliphatic heterocycles. The molecule has 0 spiro atoms. The highest BCUT2D eigenvalue weighted by Gasteiger charge is 2.65. The predicted molar refractivity (Wildman–Crippen MR) is 497 cm³/mol. The number of allylic oxidation sites excluding steroid dienone is 1. The van der Waals surface area contributed by atoms with Gasteiger partial charge in [-0.2, -0.15) is 0 Å². The maximum Gasteiger partial charge on any atom is 0.364 e. The van der Waals surface area contributed by atoms with E-state index in [1.165, 1.54) is 141 Å². The normalized spacial score (nSPS) is 33.1. The Morgan fingerprint density at radius 1 is 0.401 bits per heavy atom. The number of aliphatic carboxylic acids is 3. The van der Waals surface area contributed by atoms with E-state index in [2.05, 4.69) is 35.1 Å². The van der Waals surface area contributed by atoms with E-state index >= 15 is 0 Å². The lowest BCUT2D eigenvalue weighted by atomic mass is 9.86. The van der Waals surface area contributed by atoms with E-state index in [0.29, 0.717) is 12.8 Å². The van der Waals surface area contributed by atoms with E-state index in [-0.39, 0.29) is 6.42 Å². The van der Waals surface area contributed by atoms with Gasteiger partial charge in [-0.3, -0.25) is 19.2 Å². The van der Waals surface area contributed by atoms with Gasteiger partial charge in [-0.05, 0) is 26.2 Å². The Kier molecular flexibility index (Phi) is 56.5. The lowest BCUT2D eigenvalue weighted by molar-refractivity contribution is -0.404. The average Bonchev–Trinajstić information content (AvgIpc) is 0.744. The van der Waals surface area contributed by atoms with Crippen LogP contribution in [0, 0.1) is 5.92 Å². The number of rotatable bonds is 70. The molecule has 0 radical (unpaired) electrons. The van der Waals surface area contributed by atoms with Crippen LogP contribution in [-0.2, 0) is 95.2 Å². The van der Waals surface area contributed by atoms with Crippen LogP contribution < -0.4 is 21.3 Å². The molecule has 46 nitrogen and oxygen atoms in total. The van der Waals surface area contributed by atoms with E-state index in [1.807, 2.05) is 0 Å². The van der Waals surface area contributed by atoms with Crippen molar-refractivity contribution in [2.24, 2.45) is 5.92 Å². The smallest absolute Gasteiger partial charge is 0.364 e. The molecule has 4 amide bonds. The molecule has 35 unspecified atom stereocenters. The van der Waals surface area contributed by atoms with Crippen molar-refractivity contribution in [3.05, 3.63) is 12.2 Å². The fourth-order valence-electron chi connectivity index (χ4n) is 19.3. The highest BCUT2D eigenvalue weighted by Crippen LogP contribution is 2.45. The van der Waals surface area contributed by atoms with Gasteiger partial charge in [0.15, 0.2) is 18.9 Å². The monoisotopic (exact) mass is 2050 g/mol. The second-order valence-corrected chi connectivity index (χ2v) is 38.9. The van der Waals surface area contributed by atoms with Gasteiger partial charge in [0.05, 0.1) is 101 Å². The molecule has 6 rings (SSSR count). The van der Waals surface area contributed by atoms with Crippen molar-refractivity contribution in [1.82, 2.24) is 21.3 Å². The number of carboxylic acid groups (broad SMARTS) is 3. The third-order valence-corrected chi connectivity index (χ3v) is 27.3. The van der Waals surface area contributed by atoms with Crippen molar-refractivity contribution in [3.8, 4) is 0 Å². The largest absolute Gasteiger partial charge is 0.477 e. The van der Waals surface area contributed by atoms with Gasteiger partial charge < -0.3 is 195 Å². The van der Waals surface area contributed by atoms with Crippen LogP contribution in [0.3, 0.4) is 0 Å². The zero-order chi connectivity index (χ0) is 105. The van der Waals surface area contributed by atoms with Crippen molar-refractivity contribution >= 4 is 47.3 Å². The number of carbonyl (C=O) groups excluding carboxylic acids is 5. The minimum atomic E-state index is -3.71. The number of aliphatic hydroxyl groups excluding tert-OH is 19. The molecule has 0 aromatic heterocycles. The van der Waals surface area contributed by atoms with E-state index in [9.17, 15) is 151 Å². The molecule has 0 aliphatic carbocycles. The highest BCUT2D eigenvalue weighted by molar-refractivity contribution is 5.79. The summed E-state index contributed by atoms with van der Waals surface area (Å²) in [6.07, 6.45) is -25.8. The molecule has 0 saturated carbocycles. The van der Waals surface area contributed by atoms with E-state index in [0.717, 1.165) is 91.9 Å². The summed E-state index contributed by atoms with van der Waals surface area (Å²) in [5.41, 5.74) is 0. The van der Waals surface area contributed by atoms with Crippen LogP contribution in [0.4, 0.5) is 0 Å². The van der Waals surface area contributed by atoms with Crippen LogP contribution in [0.15, 0.2) is 12.2 Å². The zero-order valence-electron chi connectivity index (χ0n) is 83.0. The molecule has 6 saturated heterocycles. The third-order valence-electron chi connectivity index (χ3n) is 27.3. The first-order valence-electron chi connectivity index (χ1n) is 51.1. The number of Topliss-reactive ketones (excluding diaryl/α,β-unsaturated/α-hetero) is 1. The molecule has 824 valence electrons. The Labute approximate surface area is 829 Å². The standard InChI is InChI=1S/C96H168N4O42/c1-7-9-11-13-15-17-19-21-22-23-24-25-26-27-28-30-32-34-36-38-40-42-70(116)100-59(60(111)41-39-37-35-33-31-29-20-18-16-14-12-10-8-2)53-131-89-80(123)79(122)82(68(51-105)133-89)135-90-81(124)87(83(69(52-106)134-90)136-88-58(43-54(3)107)74(117)76(119)65(48-102)132-88)142-96(93(129)130)46-63(114)73(99-57(6)110)86(141-96)78(121)67(50-104)138-95(92(127)128)45-62(113)72(98-56(5)109)85(140-95)77(120)66(49-103)137-94(91(125)126)44-61(112)71(97-55(4)108)84(139-94)75(118)64(115)47-101/h39,41,58-69,71-90,101-106,111-115,117-124H,7-38,40,42-53H2,1-6H3,(H,97,108)(H,98,109)(H,99,110)(H,100,116)(H,125,126)(H,127,128)(H,129,130). The third kappa shape index (κ3) is 37.6. The Bertz CT molecular complexity index is 3680. The first kappa shape index (κ1) is 125. The van der Waals surface area contributed by atoms with E-state index < -0.39 is 332 Å². The first-order valence-corrected chi connectivity index (χ1v) is 51.1. The summed E-state index contributed by atoms with van der Waals surface area (Å²) >= 11 is 0. The fraction of sp³-hybridized carbons (Fsp3) is 0.896. The Morgan fingerprint density at radius 2 is 0.768 bits per heavy atom. The van der Waals surface area contributed by atoms with Gasteiger partial charge in [0.25, 0.3) is 17.4 Å². The van der Waals surface area contributed by atoms with Crippen molar-refractivity contribution in [2.75, 3.05) is 46.2 Å². The van der Waals surface area contributed by atoms with Gasteiger partial charge in [0, 0.05) is 58.8 Å². The topological polar surface area (TPSA) is 741 Å². The van der Waals surface area contributed by atoms with Crippen LogP contribution in [0.25, 0.3) is 0 Å². The minimum absolute atomic E-state index is 0.0837. The molecule has 6 aliphatic rings. The number of ketones is 1. The molecular weight excluding hydrogens is 1880 g/mol. The summed E-state index contributed by atoms with van der Waals surface area (Å²) in [6, 6.07) is -7.29. The van der Waals surface area contributed by atoms with Crippen molar-refractivity contribution < 1.29 is 208 Å². The maximum atomic E-state index is 14.5. The van der Waals surface area contributed by atoms with Gasteiger partial charge in [-0.15, -0.1) is 0 Å². The Balaban J connectivity index is 1.28. The number of ether oxygens (including phenoxy) is 12. The summed E-state index contributed by atoms with van der Waals surface area (Å²) < 4.78 is 72.1. The molecule has 142 heavy (non-hydrogen) atoms. The number of aliphatic hydroxyl groups is 19. The number of amides is 4. The van der Waals surface area contributed by atoms with Crippen LogP contribution in [0.5, 0.6) is 0 Å². The average molecular weight is 2050 g/mol. The summed E-state index contributed by atoms with van der Waals surface area (Å²) in [7, 11) is 0. The minimum Gasteiger partial charge on any atom is -0.477 e. The van der Waals surface area contributed by atoms with Crippen LogP contribution in [-0.4, -0.2) is 413 Å². The Hall–Kier alpha value is -5.54. The quantitative estimate of drug-likeness (QED) is 0.0254. The summed E-state index contributed by atoms with van der Waals surface area (Å²) in [5, 5.41) is 262. The number of carbonyl (C=O) groups is 8. The molecule has 0 aromatic carbocycles. The Morgan fingerprint density at radius 3 is 1.15 bits per heavy atom. The summed E-state index contributed by atoms with van der Waals surface area (Å²) in [5.74, 6) is -23.6. The molecule has 46 heteroatoms. The summed E-state index contributed by atoms with van der Waals surface area (Å²) in [6.45, 7) is -0.558. The van der Waals surface area contributed by atoms with Gasteiger partial charge in [-0.1, -0.05) is 219 Å². The number of carboxylic acids is 3. The van der Waals surface area contributed by atoms with Crippen LogP contribution in [0.1, 0.15) is 286 Å². The molecule has 6 fully saturated rings. The van der Waals surface area contributed by atoms with Gasteiger partial charge in [0.2, 0.25) is 23.6 Å². The van der Waals surface area contributed by atoms with Crippen LogP contribution >= 0.6 is 0 Å². The van der Waals surface area contributed by atoms with Crippen molar-refractivity contribution in [2.45, 2.75) is 492 Å². The molecule has 6 heterocycles. The lowest BCUT2D eigenvalue weighted by Gasteiger charge is -2.53. The first-order chi connectivity index (χ1) is 67.6. The molecule has 0 bridgehead atoms.